The van der Waals surface area contributed by atoms with E-state index in [1.54, 1.807) is 0 Å². The highest BCUT2D eigenvalue weighted by Crippen LogP contribution is 2.48. The van der Waals surface area contributed by atoms with Crippen LogP contribution in [0, 0.1) is 0 Å². The van der Waals surface area contributed by atoms with Gasteiger partial charge >= 0.3 is 0 Å². The molecule has 0 radical (unpaired) electrons. The number of hydrogen-bond donors (Lipinski definition) is 0. The van der Waals surface area contributed by atoms with Gasteiger partial charge in [0.15, 0.2) is 11.5 Å². The smallest absolute Gasteiger partial charge is 0.152 e. The Kier molecular flexibility index (Phi) is 5.00. The van der Waals surface area contributed by atoms with Crippen LogP contribution in [-0.4, -0.2) is 9.13 Å². The second-order valence-corrected chi connectivity index (χ2v) is 11.8. The number of aromatic nitrogens is 2. The van der Waals surface area contributed by atoms with Gasteiger partial charge in [-0.2, -0.15) is 0 Å². The van der Waals surface area contributed by atoms with Crippen molar-refractivity contribution in [2.45, 2.75) is 0 Å². The first-order chi connectivity index (χ1) is 22.3. The fourth-order valence-electron chi connectivity index (χ4n) is 7.36. The van der Waals surface area contributed by atoms with Crippen LogP contribution in [0.4, 0.5) is 0 Å². The lowest BCUT2D eigenvalue weighted by atomic mass is 9.95. The van der Waals surface area contributed by atoms with Crippen LogP contribution < -0.4 is 4.74 Å². The predicted molar refractivity (Wildman–Crippen MR) is 186 cm³/mol. The molecule has 0 N–H and O–H groups in total. The van der Waals surface area contributed by atoms with Gasteiger partial charge in [-0.15, -0.1) is 0 Å². The van der Waals surface area contributed by atoms with E-state index in [2.05, 4.69) is 155 Å². The Morgan fingerprint density at radius 2 is 1.02 bits per heavy atom. The molecule has 2 aromatic heterocycles. The van der Waals surface area contributed by atoms with Gasteiger partial charge in [-0.3, -0.25) is 0 Å². The van der Waals surface area contributed by atoms with Crippen molar-refractivity contribution in [3.8, 4) is 45.1 Å². The average Bonchev–Trinajstić information content (AvgIpc) is 3.63. The molecule has 0 saturated heterocycles. The molecule has 3 heteroatoms. The molecule has 0 saturated carbocycles. The molecular formula is C42H26N2O. The monoisotopic (exact) mass is 574 g/mol. The summed E-state index contributed by atoms with van der Waals surface area (Å²) < 4.78 is 11.2. The van der Waals surface area contributed by atoms with Gasteiger partial charge in [0.1, 0.15) is 0 Å². The van der Waals surface area contributed by atoms with Gasteiger partial charge in [0.25, 0.3) is 0 Å². The molecule has 0 unspecified atom stereocenters. The highest BCUT2D eigenvalue weighted by atomic mass is 16.5. The van der Waals surface area contributed by atoms with Crippen LogP contribution in [0.15, 0.2) is 158 Å². The summed E-state index contributed by atoms with van der Waals surface area (Å²) in [5, 5.41) is 5.00. The Balaban J connectivity index is 1.11. The van der Waals surface area contributed by atoms with Crippen molar-refractivity contribution in [1.29, 1.82) is 0 Å². The molecule has 1 aliphatic heterocycles. The standard InChI is InChI=1S/C42H26N2O/c1-4-15-35-32(12-1)33-13-2-5-16-36(33)43(35)30-22-20-27(21-23-30)28-10-9-11-29(26-28)31-24-25-40-42-41(31)34-14-3-6-17-37(34)44(42)38-18-7-8-19-39(38)45-40/h1-26H. The summed E-state index contributed by atoms with van der Waals surface area (Å²) in [5.41, 5.74) is 11.8. The lowest BCUT2D eigenvalue weighted by molar-refractivity contribution is 0.476. The largest absolute Gasteiger partial charge is 0.453 e. The van der Waals surface area contributed by atoms with Gasteiger partial charge in [-0.25, -0.2) is 0 Å². The Morgan fingerprint density at radius 1 is 0.400 bits per heavy atom. The van der Waals surface area contributed by atoms with Crippen LogP contribution in [0.25, 0.3) is 77.2 Å². The molecule has 3 nitrogen and oxygen atoms in total. The molecule has 45 heavy (non-hydrogen) atoms. The summed E-state index contributed by atoms with van der Waals surface area (Å²) in [5.74, 6) is 1.77. The maximum Gasteiger partial charge on any atom is 0.152 e. The molecule has 10 rings (SSSR count). The van der Waals surface area contributed by atoms with E-state index < -0.39 is 0 Å². The third-order valence-electron chi connectivity index (χ3n) is 9.32. The van der Waals surface area contributed by atoms with Gasteiger partial charge in [-0.05, 0) is 82.9 Å². The third-order valence-corrected chi connectivity index (χ3v) is 9.32. The van der Waals surface area contributed by atoms with Crippen molar-refractivity contribution in [1.82, 2.24) is 9.13 Å². The van der Waals surface area contributed by atoms with Crippen LogP contribution >= 0.6 is 0 Å². The van der Waals surface area contributed by atoms with Crippen molar-refractivity contribution in [3.63, 3.8) is 0 Å². The Labute approximate surface area is 259 Å². The van der Waals surface area contributed by atoms with Crippen molar-refractivity contribution in [2.75, 3.05) is 0 Å². The normalized spacial score (nSPS) is 12.2. The summed E-state index contributed by atoms with van der Waals surface area (Å²) in [6.07, 6.45) is 0. The Hall–Kier alpha value is -6.06. The van der Waals surface area contributed by atoms with Gasteiger partial charge in [-0.1, -0.05) is 97.1 Å². The highest BCUT2D eigenvalue weighted by molar-refractivity contribution is 6.18. The van der Waals surface area contributed by atoms with E-state index in [-0.39, 0.29) is 0 Å². The molecular weight excluding hydrogens is 548 g/mol. The third kappa shape index (κ3) is 3.46. The SMILES string of the molecule is c1cc(-c2ccc(-n3c4ccccc4c4ccccc43)cc2)cc(-c2ccc3c4c2c2ccccc2n4-c2ccccc2O3)c1. The van der Waals surface area contributed by atoms with E-state index in [0.29, 0.717) is 0 Å². The second-order valence-electron chi connectivity index (χ2n) is 11.8. The zero-order chi connectivity index (χ0) is 29.5. The van der Waals surface area contributed by atoms with Crippen molar-refractivity contribution in [3.05, 3.63) is 158 Å². The Morgan fingerprint density at radius 3 is 1.78 bits per heavy atom. The zero-order valence-electron chi connectivity index (χ0n) is 24.3. The molecule has 0 bridgehead atoms. The molecule has 210 valence electrons. The van der Waals surface area contributed by atoms with E-state index >= 15 is 0 Å². The molecule has 0 fully saturated rings. The Bertz CT molecular complexity index is 2570. The lowest BCUT2D eigenvalue weighted by Crippen LogP contribution is -2.03. The highest BCUT2D eigenvalue weighted by Gasteiger charge is 2.25. The molecule has 9 aromatic rings. The van der Waals surface area contributed by atoms with Crippen molar-refractivity contribution >= 4 is 43.6 Å². The zero-order valence-corrected chi connectivity index (χ0v) is 24.3. The maximum atomic E-state index is 6.44. The number of nitrogens with zero attached hydrogens (tertiary/aromatic N) is 2. The van der Waals surface area contributed by atoms with Crippen LogP contribution in [0.5, 0.6) is 11.5 Å². The van der Waals surface area contributed by atoms with Gasteiger partial charge in [0.2, 0.25) is 0 Å². The summed E-state index contributed by atoms with van der Waals surface area (Å²) in [7, 11) is 0. The minimum atomic E-state index is 0.881. The first-order valence-corrected chi connectivity index (χ1v) is 15.4. The van der Waals surface area contributed by atoms with E-state index in [4.69, 9.17) is 4.74 Å². The van der Waals surface area contributed by atoms with Crippen LogP contribution in [0.2, 0.25) is 0 Å². The van der Waals surface area contributed by atoms with Gasteiger partial charge in [0.05, 0.1) is 27.8 Å². The van der Waals surface area contributed by atoms with E-state index in [0.717, 1.165) is 28.4 Å². The average molecular weight is 575 g/mol. The second kappa shape index (κ2) is 9.22. The molecule has 0 atom stereocenters. The van der Waals surface area contributed by atoms with Crippen LogP contribution in [0.3, 0.4) is 0 Å². The lowest BCUT2D eigenvalue weighted by Gasteiger charge is -2.21. The molecule has 0 aliphatic carbocycles. The minimum absolute atomic E-state index is 0.881. The molecule has 7 aromatic carbocycles. The number of fused-ring (bicyclic) bond motifs is 8. The number of para-hydroxylation sites is 5. The van der Waals surface area contributed by atoms with E-state index in [1.165, 1.54) is 60.3 Å². The number of hydrogen-bond acceptors (Lipinski definition) is 1. The van der Waals surface area contributed by atoms with Gasteiger partial charge < -0.3 is 13.9 Å². The molecule has 1 aliphatic rings. The van der Waals surface area contributed by atoms with E-state index in [9.17, 15) is 0 Å². The fourth-order valence-corrected chi connectivity index (χ4v) is 7.36. The molecule has 3 heterocycles. The summed E-state index contributed by atoms with van der Waals surface area (Å²) in [4.78, 5) is 0. The summed E-state index contributed by atoms with van der Waals surface area (Å²) in [6, 6.07) is 56.5. The quantitative estimate of drug-likeness (QED) is 0.205. The minimum Gasteiger partial charge on any atom is -0.453 e. The number of ether oxygens (including phenoxy) is 1. The first-order valence-electron chi connectivity index (χ1n) is 15.4. The fraction of sp³-hybridized carbons (Fsp3) is 0. The summed E-state index contributed by atoms with van der Waals surface area (Å²) in [6.45, 7) is 0. The summed E-state index contributed by atoms with van der Waals surface area (Å²) >= 11 is 0. The van der Waals surface area contributed by atoms with E-state index in [1.807, 2.05) is 12.1 Å². The maximum absolute atomic E-state index is 6.44. The number of rotatable bonds is 3. The molecule has 0 amide bonds. The van der Waals surface area contributed by atoms with Crippen molar-refractivity contribution < 1.29 is 4.74 Å². The van der Waals surface area contributed by atoms with Crippen LogP contribution in [0.1, 0.15) is 0 Å². The van der Waals surface area contributed by atoms with Gasteiger partial charge in [0, 0.05) is 27.2 Å². The first kappa shape index (κ1) is 24.4. The van der Waals surface area contributed by atoms with Crippen molar-refractivity contribution in [2.24, 2.45) is 0 Å². The van der Waals surface area contributed by atoms with Crippen LogP contribution in [-0.2, 0) is 0 Å². The predicted octanol–water partition coefficient (Wildman–Crippen LogP) is 11.3. The number of benzene rings is 7. The topological polar surface area (TPSA) is 19.1 Å². The molecule has 0 spiro atoms.